The molecule has 1 saturated heterocycles. The molecule has 0 radical (unpaired) electrons. The molecule has 2 nitrogen and oxygen atoms in total. The van der Waals surface area contributed by atoms with E-state index in [4.69, 9.17) is 0 Å². The highest BCUT2D eigenvalue weighted by Gasteiger charge is 2.14. The SMILES string of the molecule is C=C(c1ccc(N(C)C)cc1)N1CCCC1. The largest absolute Gasteiger partial charge is 0.378 e. The lowest BCUT2D eigenvalue weighted by Gasteiger charge is -2.21. The van der Waals surface area contributed by atoms with Gasteiger partial charge in [-0.05, 0) is 30.5 Å². The Morgan fingerprint density at radius 1 is 1.12 bits per heavy atom. The molecule has 0 atom stereocenters. The average molecular weight is 216 g/mol. The van der Waals surface area contributed by atoms with E-state index < -0.39 is 0 Å². The van der Waals surface area contributed by atoms with Crippen LogP contribution in [0.3, 0.4) is 0 Å². The summed E-state index contributed by atoms with van der Waals surface area (Å²) in [6.45, 7) is 6.52. The number of hydrogen-bond acceptors (Lipinski definition) is 2. The highest BCUT2D eigenvalue weighted by Crippen LogP contribution is 2.23. The molecule has 2 rings (SSSR count). The summed E-state index contributed by atoms with van der Waals surface area (Å²) in [5.41, 5.74) is 3.65. The predicted octanol–water partition coefficient (Wildman–Crippen LogP) is 2.82. The number of nitrogens with zero attached hydrogens (tertiary/aromatic N) is 2. The Kier molecular flexibility index (Phi) is 3.18. The minimum atomic E-state index is 1.16. The zero-order valence-corrected chi connectivity index (χ0v) is 10.2. The lowest BCUT2D eigenvalue weighted by Crippen LogP contribution is -2.16. The van der Waals surface area contributed by atoms with Crippen LogP contribution in [0.1, 0.15) is 18.4 Å². The van der Waals surface area contributed by atoms with Crippen LogP contribution in [0.4, 0.5) is 5.69 Å². The van der Waals surface area contributed by atoms with Crippen molar-refractivity contribution < 1.29 is 0 Å². The summed E-state index contributed by atoms with van der Waals surface area (Å²) >= 11 is 0. The first kappa shape index (κ1) is 11.1. The van der Waals surface area contributed by atoms with Gasteiger partial charge in [-0.1, -0.05) is 18.7 Å². The molecule has 0 aromatic heterocycles. The van der Waals surface area contributed by atoms with E-state index >= 15 is 0 Å². The van der Waals surface area contributed by atoms with Crippen molar-refractivity contribution in [2.45, 2.75) is 12.8 Å². The molecular formula is C14H20N2. The molecule has 0 aliphatic carbocycles. The number of hydrogen-bond donors (Lipinski definition) is 0. The van der Waals surface area contributed by atoms with Crippen LogP contribution >= 0.6 is 0 Å². The van der Waals surface area contributed by atoms with Crippen LogP contribution in [-0.4, -0.2) is 32.1 Å². The molecule has 1 fully saturated rings. The number of benzene rings is 1. The minimum absolute atomic E-state index is 1.16. The predicted molar refractivity (Wildman–Crippen MR) is 70.6 cm³/mol. The fraction of sp³-hybridized carbons (Fsp3) is 0.429. The molecule has 0 spiro atoms. The Morgan fingerprint density at radius 3 is 2.19 bits per heavy atom. The van der Waals surface area contributed by atoms with Gasteiger partial charge in [0.1, 0.15) is 0 Å². The van der Waals surface area contributed by atoms with E-state index in [2.05, 4.69) is 54.7 Å². The third-order valence-corrected chi connectivity index (χ3v) is 3.20. The highest BCUT2D eigenvalue weighted by molar-refractivity contribution is 5.64. The zero-order valence-electron chi connectivity index (χ0n) is 10.2. The molecule has 1 aromatic carbocycles. The van der Waals surface area contributed by atoms with E-state index in [1.165, 1.54) is 29.8 Å². The Balaban J connectivity index is 2.11. The van der Waals surface area contributed by atoms with Crippen molar-refractivity contribution in [3.05, 3.63) is 36.4 Å². The van der Waals surface area contributed by atoms with Gasteiger partial charge < -0.3 is 9.80 Å². The van der Waals surface area contributed by atoms with E-state index in [0.29, 0.717) is 0 Å². The van der Waals surface area contributed by atoms with Crippen LogP contribution in [-0.2, 0) is 0 Å². The monoisotopic (exact) mass is 216 g/mol. The zero-order chi connectivity index (χ0) is 11.5. The second-order valence-corrected chi connectivity index (χ2v) is 4.58. The van der Waals surface area contributed by atoms with Crippen LogP contribution in [0.15, 0.2) is 30.8 Å². The maximum absolute atomic E-state index is 4.19. The van der Waals surface area contributed by atoms with E-state index in [-0.39, 0.29) is 0 Å². The molecule has 0 bridgehead atoms. The molecule has 1 heterocycles. The summed E-state index contributed by atoms with van der Waals surface area (Å²) in [4.78, 5) is 4.49. The number of likely N-dealkylation sites (tertiary alicyclic amines) is 1. The molecular weight excluding hydrogens is 196 g/mol. The molecule has 0 N–H and O–H groups in total. The fourth-order valence-corrected chi connectivity index (χ4v) is 2.12. The van der Waals surface area contributed by atoms with Gasteiger partial charge in [-0.15, -0.1) is 0 Å². The van der Waals surface area contributed by atoms with Crippen molar-refractivity contribution in [1.29, 1.82) is 0 Å². The number of anilines is 1. The van der Waals surface area contributed by atoms with Crippen molar-refractivity contribution in [3.63, 3.8) is 0 Å². The van der Waals surface area contributed by atoms with Gasteiger partial charge in [0.2, 0.25) is 0 Å². The smallest absolute Gasteiger partial charge is 0.0366 e. The van der Waals surface area contributed by atoms with Gasteiger partial charge in [-0.3, -0.25) is 0 Å². The molecule has 16 heavy (non-hydrogen) atoms. The van der Waals surface area contributed by atoms with E-state index in [9.17, 15) is 0 Å². The quantitative estimate of drug-likeness (QED) is 0.766. The molecule has 86 valence electrons. The van der Waals surface area contributed by atoms with Gasteiger partial charge in [-0.2, -0.15) is 0 Å². The van der Waals surface area contributed by atoms with Crippen molar-refractivity contribution in [2.75, 3.05) is 32.1 Å². The minimum Gasteiger partial charge on any atom is -0.378 e. The van der Waals surface area contributed by atoms with E-state index in [1.807, 2.05) is 0 Å². The third kappa shape index (κ3) is 2.21. The van der Waals surface area contributed by atoms with Crippen LogP contribution in [0.5, 0.6) is 0 Å². The molecule has 1 aliphatic rings. The number of rotatable bonds is 3. The Bertz CT molecular complexity index is 359. The van der Waals surface area contributed by atoms with Crippen LogP contribution in [0.2, 0.25) is 0 Å². The van der Waals surface area contributed by atoms with Gasteiger partial charge >= 0.3 is 0 Å². The summed E-state index contributed by atoms with van der Waals surface area (Å²) in [6.07, 6.45) is 2.60. The second-order valence-electron chi connectivity index (χ2n) is 4.58. The normalized spacial score (nSPS) is 15.2. The summed E-state index contributed by atoms with van der Waals surface area (Å²) < 4.78 is 0. The molecule has 0 unspecified atom stereocenters. The standard InChI is InChI=1S/C14H20N2/c1-12(16-10-4-5-11-16)13-6-8-14(9-7-13)15(2)3/h6-9H,1,4-5,10-11H2,2-3H3. The lowest BCUT2D eigenvalue weighted by atomic mass is 10.1. The summed E-state index contributed by atoms with van der Waals surface area (Å²) in [5, 5.41) is 0. The first-order chi connectivity index (χ1) is 7.68. The highest BCUT2D eigenvalue weighted by atomic mass is 15.1. The summed E-state index contributed by atoms with van der Waals surface area (Å²) in [5.74, 6) is 0. The van der Waals surface area contributed by atoms with Crippen molar-refractivity contribution in [2.24, 2.45) is 0 Å². The molecule has 1 aromatic rings. The summed E-state index contributed by atoms with van der Waals surface area (Å²) in [6, 6.07) is 8.62. The first-order valence-corrected chi connectivity index (χ1v) is 5.90. The lowest BCUT2D eigenvalue weighted by molar-refractivity contribution is 0.494. The van der Waals surface area contributed by atoms with Gasteiger partial charge in [0, 0.05) is 38.6 Å². The van der Waals surface area contributed by atoms with Gasteiger partial charge in [0.15, 0.2) is 0 Å². The van der Waals surface area contributed by atoms with Crippen LogP contribution in [0, 0.1) is 0 Å². The maximum atomic E-state index is 4.19. The van der Waals surface area contributed by atoms with E-state index in [1.54, 1.807) is 0 Å². The van der Waals surface area contributed by atoms with Gasteiger partial charge in [0.25, 0.3) is 0 Å². The van der Waals surface area contributed by atoms with Gasteiger partial charge in [0.05, 0.1) is 0 Å². The molecule has 0 amide bonds. The maximum Gasteiger partial charge on any atom is 0.0366 e. The second kappa shape index (κ2) is 4.60. The summed E-state index contributed by atoms with van der Waals surface area (Å²) in [7, 11) is 4.12. The van der Waals surface area contributed by atoms with Crippen LogP contribution < -0.4 is 4.90 Å². The average Bonchev–Trinajstić information content (AvgIpc) is 2.81. The fourth-order valence-electron chi connectivity index (χ4n) is 2.12. The third-order valence-electron chi connectivity index (χ3n) is 3.20. The van der Waals surface area contributed by atoms with E-state index in [0.717, 1.165) is 13.1 Å². The topological polar surface area (TPSA) is 6.48 Å². The molecule has 1 aliphatic heterocycles. The Morgan fingerprint density at radius 2 is 1.69 bits per heavy atom. The first-order valence-electron chi connectivity index (χ1n) is 5.90. The van der Waals surface area contributed by atoms with Gasteiger partial charge in [-0.25, -0.2) is 0 Å². The molecule has 2 heteroatoms. The molecule has 0 saturated carbocycles. The van der Waals surface area contributed by atoms with Crippen LogP contribution in [0.25, 0.3) is 5.70 Å². The Hall–Kier alpha value is -1.44. The van der Waals surface area contributed by atoms with Crippen molar-refractivity contribution >= 4 is 11.4 Å². The van der Waals surface area contributed by atoms with Crippen molar-refractivity contribution in [3.8, 4) is 0 Å². The Labute approximate surface area is 98.2 Å². The van der Waals surface area contributed by atoms with Crippen molar-refractivity contribution in [1.82, 2.24) is 4.90 Å².